The molecular weight excluding hydrogens is 1180 g/mol. The van der Waals surface area contributed by atoms with Crippen molar-refractivity contribution < 1.29 is 92.5 Å². The van der Waals surface area contributed by atoms with Gasteiger partial charge in [-0.25, -0.2) is 28.4 Å². The van der Waals surface area contributed by atoms with Crippen LogP contribution in [0.4, 0.5) is 31.8 Å². The third-order valence-electron chi connectivity index (χ3n) is 12.2. The van der Waals surface area contributed by atoms with Crippen molar-refractivity contribution in [3.8, 4) is 28.7 Å². The predicted octanol–water partition coefficient (Wildman–Crippen LogP) is 11.3. The van der Waals surface area contributed by atoms with Gasteiger partial charge in [0.15, 0.2) is 0 Å². The van der Waals surface area contributed by atoms with Gasteiger partial charge in [-0.2, -0.15) is 18.6 Å². The third-order valence-corrected chi connectivity index (χ3v) is 12.6. The molecule has 20 nitrogen and oxygen atoms in total. The number of nitrogens with two attached hydrogens (primary N) is 2. The van der Waals surface area contributed by atoms with Crippen LogP contribution < -0.4 is 25.7 Å². The number of hydrogen-bond donors (Lipinski definition) is 3. The predicted molar refractivity (Wildman–Crippen MR) is 313 cm³/mol. The largest absolute Gasteiger partial charge is 0.444 e. The van der Waals surface area contributed by atoms with E-state index in [4.69, 9.17) is 40.1 Å². The minimum Gasteiger partial charge on any atom is -0.444 e. The Kier molecular flexibility index (Phi) is 24.0. The van der Waals surface area contributed by atoms with Gasteiger partial charge < -0.3 is 39.7 Å². The molecule has 0 saturated carbocycles. The number of nitrogens with zero attached hydrogens (tertiary/aromatic N) is 8. The van der Waals surface area contributed by atoms with Crippen molar-refractivity contribution in [1.82, 2.24) is 39.1 Å². The maximum Gasteiger partial charge on any atom is 0.418 e. The Labute approximate surface area is 518 Å². The van der Waals surface area contributed by atoms with E-state index in [0.29, 0.717) is 61.4 Å². The first-order valence-corrected chi connectivity index (χ1v) is 27.4. The molecule has 2 radical (unpaired) electrons. The standard InChI is InChI=1S/C27H30N4O4.C20H26N4O2.C11H13N3O3S.CH4.V.Y/c1-19-23(20-15-17-30(18-16-20)26(33)35-27(2,3)4)29-31(21-11-7-5-8-12-21)24(19)28-25(32)34-22-13-9-6-10-14-22;1-14-17(22-24(18(14)21)16-8-6-5-7-9-16)15-10-12-23(13-11-15)19(25)26-20(2,3)4;1-8-10(12)14(9-6-4-3-5-7-9)13-11(8)17-18(2,15)16;;;/h5-15H,16-18H2,1-4H3,(H,28,32);5-10H,11-13,21H2,1-4H3;3-7H,12H2,1-2H3;1H4;;. The maximum absolute atomic E-state index is 12.7. The van der Waals surface area contributed by atoms with Gasteiger partial charge in [0, 0.05) is 88.6 Å². The molecule has 0 aliphatic carbocycles. The summed E-state index contributed by atoms with van der Waals surface area (Å²) in [6.45, 7) is 18.8. The van der Waals surface area contributed by atoms with E-state index < -0.39 is 27.4 Å². The summed E-state index contributed by atoms with van der Waals surface area (Å²) in [5, 5.41) is 16.5. The van der Waals surface area contributed by atoms with Crippen LogP contribution in [0.15, 0.2) is 133 Å². The third kappa shape index (κ3) is 18.2. The van der Waals surface area contributed by atoms with E-state index in [1.807, 2.05) is 165 Å². The van der Waals surface area contributed by atoms with E-state index in [1.54, 1.807) is 50.4 Å². The summed E-state index contributed by atoms with van der Waals surface area (Å²) in [6, 6.07) is 37.5. The van der Waals surface area contributed by atoms with Crippen molar-refractivity contribution in [3.05, 3.63) is 162 Å². The van der Waals surface area contributed by atoms with Crippen LogP contribution in [0.25, 0.3) is 28.2 Å². The van der Waals surface area contributed by atoms with E-state index in [1.165, 1.54) is 4.68 Å². The summed E-state index contributed by atoms with van der Waals surface area (Å²) < 4.78 is 48.3. The summed E-state index contributed by atoms with van der Waals surface area (Å²) in [4.78, 5) is 40.7. The zero-order chi connectivity index (χ0) is 57.2. The van der Waals surface area contributed by atoms with Crippen LogP contribution in [0.2, 0.25) is 0 Å². The molecule has 5 N–H and O–H groups in total. The zero-order valence-corrected chi connectivity index (χ0v) is 52.3. The molecular formula is C59H73N11O9SVY. The molecule has 3 aromatic heterocycles. The molecule has 5 heterocycles. The summed E-state index contributed by atoms with van der Waals surface area (Å²) in [5.41, 5.74) is 19.7. The van der Waals surface area contributed by atoms with E-state index in [9.17, 15) is 22.8 Å². The minimum absolute atomic E-state index is 0. The Morgan fingerprint density at radius 3 is 1.35 bits per heavy atom. The molecule has 0 unspecified atom stereocenters. The van der Waals surface area contributed by atoms with Crippen LogP contribution in [-0.2, 0) is 70.9 Å². The van der Waals surface area contributed by atoms with Crippen LogP contribution in [0.5, 0.6) is 11.6 Å². The Hall–Kier alpha value is -7.16. The van der Waals surface area contributed by atoms with Crippen LogP contribution in [-0.4, -0.2) is 109 Å². The van der Waals surface area contributed by atoms with Crippen LogP contribution in [0.1, 0.15) is 89.9 Å². The smallest absolute Gasteiger partial charge is 0.418 e. The number of nitrogens with one attached hydrogen (secondary N) is 1. The van der Waals surface area contributed by atoms with E-state index >= 15 is 0 Å². The fourth-order valence-corrected chi connectivity index (χ4v) is 8.68. The number of benzene rings is 4. The molecule has 0 bridgehead atoms. The van der Waals surface area contributed by atoms with Gasteiger partial charge >= 0.3 is 28.4 Å². The second kappa shape index (κ2) is 29.2. The number of aromatic nitrogens is 6. The Bertz CT molecular complexity index is 3450. The number of carbonyl (C=O) groups is 3. The number of hydrogen-bond acceptors (Lipinski definition) is 14. The van der Waals surface area contributed by atoms with Gasteiger partial charge in [0.1, 0.15) is 34.4 Å². The van der Waals surface area contributed by atoms with Crippen LogP contribution in [0.3, 0.4) is 0 Å². The molecule has 3 amide bonds. The van der Waals surface area contributed by atoms with Crippen molar-refractivity contribution in [3.63, 3.8) is 0 Å². The molecule has 23 heteroatoms. The van der Waals surface area contributed by atoms with Gasteiger partial charge in [0.25, 0.3) is 5.88 Å². The molecule has 432 valence electrons. The van der Waals surface area contributed by atoms with Crippen molar-refractivity contribution in [2.45, 2.75) is 93.8 Å². The molecule has 0 spiro atoms. The first-order valence-electron chi connectivity index (χ1n) is 25.6. The average Bonchev–Trinajstić information content (AvgIpc) is 4.25. The zero-order valence-electron chi connectivity index (χ0n) is 47.3. The monoisotopic (exact) mass is 1250 g/mol. The van der Waals surface area contributed by atoms with Gasteiger partial charge in [-0.3, -0.25) is 5.32 Å². The van der Waals surface area contributed by atoms with Crippen molar-refractivity contribution >= 4 is 57.0 Å². The molecule has 82 heavy (non-hydrogen) atoms. The molecule has 2 aliphatic rings. The molecule has 2 aliphatic heterocycles. The quantitative estimate of drug-likeness (QED) is 0.114. The van der Waals surface area contributed by atoms with Crippen molar-refractivity contribution in [2.75, 3.05) is 49.2 Å². The van der Waals surface area contributed by atoms with Gasteiger partial charge in [0.2, 0.25) is 0 Å². The summed E-state index contributed by atoms with van der Waals surface area (Å²) in [6.07, 6.45) is 5.14. The molecule has 7 aromatic rings. The Balaban J connectivity index is 0.000000273. The second-order valence-electron chi connectivity index (χ2n) is 20.7. The number of nitrogen functional groups attached to an aromatic ring is 2. The second-order valence-corrected chi connectivity index (χ2v) is 22.2. The van der Waals surface area contributed by atoms with Gasteiger partial charge in [0.05, 0.1) is 40.3 Å². The summed E-state index contributed by atoms with van der Waals surface area (Å²) in [7, 11) is -3.62. The number of ether oxygens (including phenoxy) is 3. The molecule has 0 atom stereocenters. The SMILES string of the molecule is C.Cc1c(C2=CCN(C(=O)OC(C)(C)C)CC2)nn(-c2ccccc2)c1N.Cc1c(C2=CCN(C(=O)OC(C)(C)C)CC2)nn(-c2ccccc2)c1NC(=O)Oc1ccccc1.Cc1c(OS(C)(=O)=O)nn(-c2ccccc2)c1N.[V].[Y]. The first-order chi connectivity index (χ1) is 37.4. The molecule has 4 aromatic carbocycles. The fourth-order valence-electron chi connectivity index (χ4n) is 8.23. The Morgan fingerprint density at radius 2 is 0.951 bits per heavy atom. The summed E-state index contributed by atoms with van der Waals surface area (Å²) in [5.74, 6) is 1.97. The summed E-state index contributed by atoms with van der Waals surface area (Å²) >= 11 is 0. The number of rotatable bonds is 9. The van der Waals surface area contributed by atoms with E-state index in [2.05, 4.69) is 10.4 Å². The van der Waals surface area contributed by atoms with E-state index in [0.717, 1.165) is 63.4 Å². The van der Waals surface area contributed by atoms with Gasteiger partial charge in [-0.1, -0.05) is 92.4 Å². The number of para-hydroxylation sites is 4. The van der Waals surface area contributed by atoms with Gasteiger partial charge in [-0.15, -0.1) is 5.10 Å². The van der Waals surface area contributed by atoms with Crippen LogP contribution >= 0.6 is 0 Å². The van der Waals surface area contributed by atoms with E-state index in [-0.39, 0.29) is 76.8 Å². The van der Waals surface area contributed by atoms with Gasteiger partial charge in [-0.05, 0) is 135 Å². The number of anilines is 3. The normalized spacial score (nSPS) is 13.1. The first kappa shape index (κ1) is 67.3. The molecule has 0 saturated heterocycles. The maximum atomic E-state index is 12.7. The number of amides is 3. The molecule has 0 fully saturated rings. The van der Waals surface area contributed by atoms with Crippen molar-refractivity contribution in [1.29, 1.82) is 0 Å². The van der Waals surface area contributed by atoms with Crippen LogP contribution in [0, 0.1) is 20.8 Å². The van der Waals surface area contributed by atoms with Crippen molar-refractivity contribution in [2.24, 2.45) is 0 Å². The minimum atomic E-state index is -3.62. The fraction of sp³-hybridized carbons (Fsp3) is 0.322. The Morgan fingerprint density at radius 1 is 0.573 bits per heavy atom. The topological polar surface area (TPSA) is 246 Å². The molecule has 9 rings (SSSR count). The number of carbonyl (C=O) groups excluding carboxylic acids is 3. The average molecular weight is 1250 g/mol.